The molecule has 4 rings (SSSR count). The number of fused-ring (bicyclic) bond motifs is 5. The molecule has 7 nitrogen and oxygen atoms in total. The molecule has 0 spiro atoms. The fraction of sp³-hybridized carbons (Fsp3) is 0.760. The van der Waals surface area contributed by atoms with E-state index in [-0.39, 0.29) is 23.2 Å². The molecule has 0 heterocycles. The first kappa shape index (κ1) is 23.3. The fourth-order valence-electron chi connectivity index (χ4n) is 7.61. The standard InChI is InChI=1S/C25H34O7/c1-6-25(30)20(32-14(3)27)12-16-21-15(7-10-24(16,25)5)23(4)9-8-19(31-13(2)26)22(29)17(23)11-18(21)28/h1,11,15-16,18-22,28-30H,7-10,12H2,2-5H3/t15-,16+,18?,19?,20?,21-,22?,23-,24+,25?/m1/s1. The maximum absolute atomic E-state index is 11.7. The van der Waals surface area contributed by atoms with Gasteiger partial charge in [0, 0.05) is 19.3 Å². The van der Waals surface area contributed by atoms with Crippen LogP contribution < -0.4 is 0 Å². The molecule has 3 N–H and O–H groups in total. The Morgan fingerprint density at radius 2 is 1.75 bits per heavy atom. The number of terminal acetylenes is 1. The van der Waals surface area contributed by atoms with Crippen LogP contribution in [-0.4, -0.2) is 57.3 Å². The Labute approximate surface area is 189 Å². The molecule has 0 saturated heterocycles. The van der Waals surface area contributed by atoms with Gasteiger partial charge >= 0.3 is 11.9 Å². The van der Waals surface area contributed by atoms with E-state index in [1.54, 1.807) is 6.08 Å². The zero-order valence-corrected chi connectivity index (χ0v) is 19.2. The molecule has 0 aromatic heterocycles. The first-order chi connectivity index (χ1) is 14.9. The third-order valence-electron chi connectivity index (χ3n) is 9.21. The highest BCUT2D eigenvalue weighted by Gasteiger charge is 2.69. The van der Waals surface area contributed by atoms with E-state index in [1.165, 1.54) is 13.8 Å². The Hall–Kier alpha value is -1.88. The van der Waals surface area contributed by atoms with Gasteiger partial charge in [0.1, 0.15) is 18.3 Å². The average molecular weight is 447 g/mol. The summed E-state index contributed by atoms with van der Waals surface area (Å²) in [5.74, 6) is 1.32. The molecule has 0 aliphatic heterocycles. The molecule has 3 saturated carbocycles. The topological polar surface area (TPSA) is 113 Å². The minimum Gasteiger partial charge on any atom is -0.459 e. The fourth-order valence-corrected chi connectivity index (χ4v) is 7.61. The van der Waals surface area contributed by atoms with Crippen molar-refractivity contribution >= 4 is 11.9 Å². The summed E-state index contributed by atoms with van der Waals surface area (Å²) in [6, 6.07) is 0. The number of hydrogen-bond acceptors (Lipinski definition) is 7. The zero-order valence-electron chi connectivity index (χ0n) is 19.2. The summed E-state index contributed by atoms with van der Waals surface area (Å²) >= 11 is 0. The van der Waals surface area contributed by atoms with Gasteiger partial charge in [-0.05, 0) is 60.8 Å². The molecule has 0 amide bonds. The van der Waals surface area contributed by atoms with Crippen molar-refractivity contribution in [2.24, 2.45) is 28.6 Å². The number of carbonyl (C=O) groups excluding carboxylic acids is 2. The molecule has 4 aliphatic carbocycles. The molecule has 0 aromatic carbocycles. The summed E-state index contributed by atoms with van der Waals surface area (Å²) in [7, 11) is 0. The van der Waals surface area contributed by atoms with Crippen LogP contribution in [0.5, 0.6) is 0 Å². The number of carbonyl (C=O) groups is 2. The van der Waals surface area contributed by atoms with Gasteiger partial charge < -0.3 is 24.8 Å². The highest BCUT2D eigenvalue weighted by atomic mass is 16.6. The van der Waals surface area contributed by atoms with Gasteiger partial charge in [0.25, 0.3) is 0 Å². The van der Waals surface area contributed by atoms with Crippen molar-refractivity contribution in [3.05, 3.63) is 11.6 Å². The van der Waals surface area contributed by atoms with Crippen LogP contribution in [0.4, 0.5) is 0 Å². The Morgan fingerprint density at radius 1 is 1.09 bits per heavy atom. The predicted molar refractivity (Wildman–Crippen MR) is 115 cm³/mol. The van der Waals surface area contributed by atoms with Gasteiger partial charge in [-0.15, -0.1) is 6.42 Å². The van der Waals surface area contributed by atoms with Crippen LogP contribution in [0, 0.1) is 40.9 Å². The second-order valence-electron chi connectivity index (χ2n) is 10.7. The summed E-state index contributed by atoms with van der Waals surface area (Å²) in [5.41, 5.74) is -1.95. The lowest BCUT2D eigenvalue weighted by molar-refractivity contribution is -0.168. The third kappa shape index (κ3) is 3.07. The number of rotatable bonds is 2. The minimum atomic E-state index is -1.61. The number of esters is 2. The highest BCUT2D eigenvalue weighted by molar-refractivity contribution is 5.67. The number of hydrogen-bond donors (Lipinski definition) is 3. The number of aliphatic hydroxyl groups is 3. The third-order valence-corrected chi connectivity index (χ3v) is 9.21. The first-order valence-corrected chi connectivity index (χ1v) is 11.5. The van der Waals surface area contributed by atoms with Crippen LogP contribution in [0.1, 0.15) is 59.8 Å². The second kappa shape index (κ2) is 7.58. The van der Waals surface area contributed by atoms with Gasteiger partial charge in [-0.1, -0.05) is 25.8 Å². The van der Waals surface area contributed by atoms with Crippen molar-refractivity contribution in [3.63, 3.8) is 0 Å². The Balaban J connectivity index is 1.72. The number of aliphatic hydroxyl groups excluding tert-OH is 2. The molecule has 5 unspecified atom stereocenters. The summed E-state index contributed by atoms with van der Waals surface area (Å²) in [6.07, 6.45) is 7.25. The van der Waals surface area contributed by atoms with E-state index in [2.05, 4.69) is 12.8 Å². The van der Waals surface area contributed by atoms with E-state index in [4.69, 9.17) is 15.9 Å². The lowest BCUT2D eigenvalue weighted by Crippen LogP contribution is -2.60. The van der Waals surface area contributed by atoms with Gasteiger partial charge in [-0.3, -0.25) is 9.59 Å². The van der Waals surface area contributed by atoms with Gasteiger partial charge in [-0.25, -0.2) is 0 Å². The van der Waals surface area contributed by atoms with E-state index >= 15 is 0 Å². The van der Waals surface area contributed by atoms with E-state index in [9.17, 15) is 24.9 Å². The second-order valence-corrected chi connectivity index (χ2v) is 10.7. The molecule has 32 heavy (non-hydrogen) atoms. The molecule has 176 valence electrons. The van der Waals surface area contributed by atoms with Crippen LogP contribution in [0.15, 0.2) is 11.6 Å². The van der Waals surface area contributed by atoms with Gasteiger partial charge in [0.15, 0.2) is 5.60 Å². The zero-order chi connectivity index (χ0) is 23.6. The summed E-state index contributed by atoms with van der Waals surface area (Å²) in [4.78, 5) is 23.2. The van der Waals surface area contributed by atoms with Crippen molar-refractivity contribution < 1.29 is 34.4 Å². The molecular formula is C25H34O7. The van der Waals surface area contributed by atoms with Crippen molar-refractivity contribution in [3.8, 4) is 12.3 Å². The van der Waals surface area contributed by atoms with E-state index in [0.717, 1.165) is 12.0 Å². The quantitative estimate of drug-likeness (QED) is 0.336. The monoisotopic (exact) mass is 446 g/mol. The van der Waals surface area contributed by atoms with Gasteiger partial charge in [0.2, 0.25) is 0 Å². The predicted octanol–water partition coefficient (Wildman–Crippen LogP) is 1.73. The molecule has 0 bridgehead atoms. The summed E-state index contributed by atoms with van der Waals surface area (Å²) < 4.78 is 10.8. The van der Waals surface area contributed by atoms with Crippen molar-refractivity contribution in [1.82, 2.24) is 0 Å². The van der Waals surface area contributed by atoms with E-state index in [0.29, 0.717) is 25.7 Å². The minimum absolute atomic E-state index is 0.0570. The van der Waals surface area contributed by atoms with E-state index < -0.39 is 47.4 Å². The smallest absolute Gasteiger partial charge is 0.303 e. The maximum atomic E-state index is 11.7. The lowest BCUT2D eigenvalue weighted by atomic mass is 9.46. The molecule has 0 aromatic rings. The molecule has 10 atom stereocenters. The number of ether oxygens (including phenoxy) is 2. The average Bonchev–Trinajstić information content (AvgIpc) is 2.93. The lowest BCUT2D eigenvalue weighted by Gasteiger charge is -2.60. The van der Waals surface area contributed by atoms with Crippen LogP contribution >= 0.6 is 0 Å². The first-order valence-electron chi connectivity index (χ1n) is 11.5. The molecular weight excluding hydrogens is 412 g/mol. The molecule has 4 aliphatic rings. The van der Waals surface area contributed by atoms with Crippen LogP contribution in [0.2, 0.25) is 0 Å². The van der Waals surface area contributed by atoms with Crippen molar-refractivity contribution in [1.29, 1.82) is 0 Å². The SMILES string of the molecule is C#CC1(O)C(OC(C)=O)C[C@H]2[C@@H]3C(O)C=C4C(O)C(OC(C)=O)CC[C@]4(C)[C@@H]3CC[C@@]21C. The molecule has 7 heteroatoms. The van der Waals surface area contributed by atoms with Gasteiger partial charge in [-0.2, -0.15) is 0 Å². The Morgan fingerprint density at radius 3 is 2.34 bits per heavy atom. The normalized spacial score (nSPS) is 49.6. The van der Waals surface area contributed by atoms with Crippen LogP contribution in [0.25, 0.3) is 0 Å². The van der Waals surface area contributed by atoms with Crippen LogP contribution in [0.3, 0.4) is 0 Å². The molecule has 0 radical (unpaired) electrons. The Kier molecular flexibility index (Phi) is 5.51. The molecule has 3 fully saturated rings. The maximum Gasteiger partial charge on any atom is 0.303 e. The van der Waals surface area contributed by atoms with E-state index in [1.807, 2.05) is 6.92 Å². The largest absolute Gasteiger partial charge is 0.459 e. The summed E-state index contributed by atoms with van der Waals surface area (Å²) in [5, 5.41) is 33.8. The van der Waals surface area contributed by atoms with Gasteiger partial charge in [0.05, 0.1) is 6.10 Å². The Bertz CT molecular complexity index is 889. The van der Waals surface area contributed by atoms with Crippen molar-refractivity contribution in [2.75, 3.05) is 0 Å². The van der Waals surface area contributed by atoms with Crippen molar-refractivity contribution in [2.45, 2.75) is 89.8 Å². The highest BCUT2D eigenvalue weighted by Crippen LogP contribution is 2.67. The summed E-state index contributed by atoms with van der Waals surface area (Å²) in [6.45, 7) is 6.69. The van der Waals surface area contributed by atoms with Crippen LogP contribution in [-0.2, 0) is 19.1 Å².